The molecule has 4 rings (SSSR count). The molecule has 0 saturated heterocycles. The molecule has 0 amide bonds. The number of phenols is 1. The molecule has 2 N–H and O–H groups in total. The molecule has 6 heteroatoms. The van der Waals surface area contributed by atoms with Gasteiger partial charge in [0.1, 0.15) is 23.3 Å². The van der Waals surface area contributed by atoms with Crippen LogP contribution in [0, 0.1) is 5.41 Å². The number of nitrogens with zero attached hydrogens (tertiary/aromatic N) is 3. The van der Waals surface area contributed by atoms with E-state index in [1.54, 1.807) is 18.5 Å². The largest absolute Gasteiger partial charge is 0.508 e. The minimum absolute atomic E-state index is 0.148. The molecular formula is C22H24N4O2. The highest BCUT2D eigenvalue weighted by Crippen LogP contribution is 2.45. The first-order valence-electron chi connectivity index (χ1n) is 9.39. The number of ether oxygens (including phenoxy) is 1. The van der Waals surface area contributed by atoms with Crippen LogP contribution in [0.1, 0.15) is 29.0 Å². The van der Waals surface area contributed by atoms with Crippen molar-refractivity contribution in [3.05, 3.63) is 77.0 Å². The average molecular weight is 376 g/mol. The van der Waals surface area contributed by atoms with E-state index in [-0.39, 0.29) is 11.7 Å². The highest BCUT2D eigenvalue weighted by atomic mass is 16.5. The fraction of sp³-hybridized carbons (Fsp3) is 0.273. The monoisotopic (exact) mass is 376 g/mol. The van der Waals surface area contributed by atoms with Crippen molar-refractivity contribution in [2.24, 2.45) is 0 Å². The molecule has 0 saturated carbocycles. The Kier molecular flexibility index (Phi) is 4.88. The number of rotatable bonds is 5. The highest BCUT2D eigenvalue weighted by Gasteiger charge is 2.32. The fourth-order valence-electron chi connectivity index (χ4n) is 3.68. The van der Waals surface area contributed by atoms with E-state index in [1.807, 2.05) is 42.9 Å². The Balaban J connectivity index is 1.83. The van der Waals surface area contributed by atoms with Crippen molar-refractivity contribution in [3.8, 4) is 17.4 Å². The third kappa shape index (κ3) is 3.39. The van der Waals surface area contributed by atoms with Crippen molar-refractivity contribution in [2.75, 3.05) is 20.6 Å². The minimum atomic E-state index is -0.165. The number of hydrogen-bond donors (Lipinski definition) is 2. The Labute approximate surface area is 164 Å². The maximum Gasteiger partial charge on any atom is 0.228 e. The van der Waals surface area contributed by atoms with Crippen molar-refractivity contribution < 1.29 is 9.84 Å². The lowest BCUT2D eigenvalue weighted by molar-refractivity contribution is 0.378. The number of benzene rings is 2. The molecule has 0 aliphatic carbocycles. The van der Waals surface area contributed by atoms with Crippen LogP contribution >= 0.6 is 0 Å². The third-order valence-electron chi connectivity index (χ3n) is 5.03. The molecule has 0 spiro atoms. The van der Waals surface area contributed by atoms with Gasteiger partial charge in [0.05, 0.1) is 5.56 Å². The minimum Gasteiger partial charge on any atom is -0.508 e. The van der Waals surface area contributed by atoms with Gasteiger partial charge in [-0.05, 0) is 38.7 Å². The lowest BCUT2D eigenvalue weighted by atomic mass is 9.84. The van der Waals surface area contributed by atoms with Crippen LogP contribution in [0.5, 0.6) is 17.4 Å². The Morgan fingerprint density at radius 1 is 1.18 bits per heavy atom. The van der Waals surface area contributed by atoms with Crippen LogP contribution in [0.25, 0.3) is 0 Å². The summed E-state index contributed by atoms with van der Waals surface area (Å²) >= 11 is 0. The summed E-state index contributed by atoms with van der Waals surface area (Å²) < 4.78 is 7.86. The van der Waals surface area contributed by atoms with Crippen LogP contribution in [0.15, 0.2) is 54.9 Å². The summed E-state index contributed by atoms with van der Waals surface area (Å²) in [6.45, 7) is 1.67. The van der Waals surface area contributed by atoms with Crippen LogP contribution in [-0.2, 0) is 6.54 Å². The molecule has 1 unspecified atom stereocenters. The number of aromatic hydroxyl groups is 1. The normalized spacial score (nSPS) is 15.0. The van der Waals surface area contributed by atoms with Crippen molar-refractivity contribution >= 4 is 0 Å². The number of aromatic nitrogens is 2. The molecule has 0 radical (unpaired) electrons. The standard InChI is InChI=1S/C22H24N4O2/c1-25(2)11-6-12-26-14-24-22-20(21(26)23)19(15-7-4-3-5-8-15)17-10-9-16(27)13-18(17)28-22/h3-5,7-10,13-14,19,23,27H,6,11-12H2,1-2H3. The van der Waals surface area contributed by atoms with Crippen molar-refractivity contribution in [3.63, 3.8) is 0 Å². The Bertz CT molecular complexity index is 1040. The molecular weight excluding hydrogens is 352 g/mol. The zero-order chi connectivity index (χ0) is 19.7. The SMILES string of the molecule is CN(C)CCCn1cnc2c(c1=N)C(c1ccccc1)c1ccc(O)cc1O2. The molecule has 0 bridgehead atoms. The van der Waals surface area contributed by atoms with Gasteiger partial charge in [-0.15, -0.1) is 0 Å². The summed E-state index contributed by atoms with van der Waals surface area (Å²) in [6, 6.07) is 15.2. The number of nitrogens with one attached hydrogen (secondary N) is 1. The van der Waals surface area contributed by atoms with Gasteiger partial charge in [0.15, 0.2) is 0 Å². The molecule has 6 nitrogen and oxygen atoms in total. The van der Waals surface area contributed by atoms with Gasteiger partial charge in [-0.25, -0.2) is 4.98 Å². The van der Waals surface area contributed by atoms with E-state index >= 15 is 0 Å². The molecule has 1 aromatic heterocycles. The van der Waals surface area contributed by atoms with Crippen LogP contribution in [0.2, 0.25) is 0 Å². The Morgan fingerprint density at radius 3 is 2.71 bits per heavy atom. The molecule has 2 aromatic carbocycles. The van der Waals surface area contributed by atoms with Crippen molar-refractivity contribution in [1.29, 1.82) is 5.41 Å². The summed E-state index contributed by atoms with van der Waals surface area (Å²) in [7, 11) is 4.09. The summed E-state index contributed by atoms with van der Waals surface area (Å²) in [5, 5.41) is 18.7. The smallest absolute Gasteiger partial charge is 0.228 e. The molecule has 1 aliphatic rings. The first-order chi connectivity index (χ1) is 13.5. The van der Waals surface area contributed by atoms with Gasteiger partial charge in [0.25, 0.3) is 0 Å². The molecule has 144 valence electrons. The number of aryl methyl sites for hydroxylation is 1. The Morgan fingerprint density at radius 2 is 1.96 bits per heavy atom. The summed E-state index contributed by atoms with van der Waals surface area (Å²) in [5.41, 5.74) is 3.17. The first kappa shape index (κ1) is 18.3. The van der Waals surface area contributed by atoms with E-state index in [0.29, 0.717) is 17.1 Å². The molecule has 0 fully saturated rings. The first-order valence-corrected chi connectivity index (χ1v) is 9.39. The van der Waals surface area contributed by atoms with Crippen LogP contribution in [0.3, 0.4) is 0 Å². The lowest BCUT2D eigenvalue weighted by Gasteiger charge is -2.28. The topological polar surface area (TPSA) is 74.4 Å². The second-order valence-electron chi connectivity index (χ2n) is 7.33. The summed E-state index contributed by atoms with van der Waals surface area (Å²) in [6.07, 6.45) is 2.61. The second-order valence-corrected chi connectivity index (χ2v) is 7.33. The number of fused-ring (bicyclic) bond motifs is 2. The van der Waals surface area contributed by atoms with Gasteiger partial charge in [-0.3, -0.25) is 5.41 Å². The van der Waals surface area contributed by atoms with Gasteiger partial charge < -0.3 is 19.3 Å². The van der Waals surface area contributed by atoms with E-state index in [2.05, 4.69) is 22.0 Å². The van der Waals surface area contributed by atoms with E-state index in [9.17, 15) is 5.11 Å². The molecule has 1 atom stereocenters. The number of hydrogen-bond acceptors (Lipinski definition) is 5. The second kappa shape index (κ2) is 7.48. The van der Waals surface area contributed by atoms with Gasteiger partial charge in [0.2, 0.25) is 5.88 Å². The van der Waals surface area contributed by atoms with Gasteiger partial charge in [-0.2, -0.15) is 0 Å². The highest BCUT2D eigenvalue weighted by molar-refractivity contribution is 5.57. The van der Waals surface area contributed by atoms with Gasteiger partial charge >= 0.3 is 0 Å². The molecule has 2 heterocycles. The van der Waals surface area contributed by atoms with E-state index < -0.39 is 0 Å². The number of phenolic OH excluding ortho intramolecular Hbond substituents is 1. The molecule has 28 heavy (non-hydrogen) atoms. The van der Waals surface area contributed by atoms with Gasteiger partial charge in [-0.1, -0.05) is 36.4 Å². The van der Waals surface area contributed by atoms with Crippen LogP contribution < -0.4 is 10.2 Å². The van der Waals surface area contributed by atoms with Crippen molar-refractivity contribution in [2.45, 2.75) is 18.9 Å². The fourth-order valence-corrected chi connectivity index (χ4v) is 3.68. The molecule has 3 aromatic rings. The summed E-state index contributed by atoms with van der Waals surface area (Å²) in [5.74, 6) is 0.996. The zero-order valence-corrected chi connectivity index (χ0v) is 16.1. The average Bonchev–Trinajstić information content (AvgIpc) is 2.68. The zero-order valence-electron chi connectivity index (χ0n) is 16.1. The predicted octanol–water partition coefficient (Wildman–Crippen LogP) is 3.31. The van der Waals surface area contributed by atoms with Crippen molar-refractivity contribution in [1.82, 2.24) is 14.5 Å². The van der Waals surface area contributed by atoms with E-state index in [0.717, 1.165) is 36.2 Å². The maximum absolute atomic E-state index is 9.89. The van der Waals surface area contributed by atoms with Crippen LogP contribution in [-0.4, -0.2) is 40.2 Å². The van der Waals surface area contributed by atoms with E-state index in [1.165, 1.54) is 0 Å². The van der Waals surface area contributed by atoms with Crippen LogP contribution in [0.4, 0.5) is 0 Å². The quantitative estimate of drug-likeness (QED) is 0.560. The third-order valence-corrected chi connectivity index (χ3v) is 5.03. The van der Waals surface area contributed by atoms with Gasteiger partial charge in [0, 0.05) is 24.1 Å². The Hall–Kier alpha value is -3.12. The lowest BCUT2D eigenvalue weighted by Crippen LogP contribution is -2.30. The maximum atomic E-state index is 9.89. The summed E-state index contributed by atoms with van der Waals surface area (Å²) in [4.78, 5) is 6.64. The predicted molar refractivity (Wildman–Crippen MR) is 107 cm³/mol. The molecule has 1 aliphatic heterocycles. The van der Waals surface area contributed by atoms with E-state index in [4.69, 9.17) is 10.1 Å².